The van der Waals surface area contributed by atoms with Crippen LogP contribution in [0.4, 0.5) is 0 Å². The Balaban J connectivity index is 1.98. The normalized spacial score (nSPS) is 13.0. The van der Waals surface area contributed by atoms with E-state index in [2.05, 4.69) is 31.9 Å². The van der Waals surface area contributed by atoms with Gasteiger partial charge in [0.25, 0.3) is 0 Å². The number of benzene rings is 2. The van der Waals surface area contributed by atoms with Gasteiger partial charge in [0.2, 0.25) is 0 Å². The maximum atomic E-state index is 12.2. The van der Waals surface area contributed by atoms with Gasteiger partial charge in [-0.15, -0.1) is 0 Å². The van der Waals surface area contributed by atoms with Crippen LogP contribution in [0.25, 0.3) is 0 Å². The van der Waals surface area contributed by atoms with E-state index in [0.29, 0.717) is 20.1 Å². The quantitative estimate of drug-likeness (QED) is 0.595. The Hall–Kier alpha value is -1.66. The summed E-state index contributed by atoms with van der Waals surface area (Å²) in [5.41, 5.74) is 0.849. The molecular weight excluding hydrogens is 440 g/mol. The summed E-state index contributed by atoms with van der Waals surface area (Å²) in [6.07, 6.45) is -1.17. The lowest BCUT2D eigenvalue weighted by atomic mass is 10.2. The van der Waals surface area contributed by atoms with Crippen LogP contribution in [0, 0.1) is 0 Å². The van der Waals surface area contributed by atoms with Gasteiger partial charge in [0, 0.05) is 8.95 Å². The molecular formula is C18H16Br2O4. The minimum atomic E-state index is -0.587. The summed E-state index contributed by atoms with van der Waals surface area (Å²) in [5, 5.41) is 0. The first-order valence-corrected chi connectivity index (χ1v) is 8.89. The predicted octanol–water partition coefficient (Wildman–Crippen LogP) is 5.00. The standard InChI is InChI=1S/C18H16Br2O4/c1-11(23-17(21)13-7-3-5-9-15(13)19)12(2)24-18(22)14-8-4-6-10-16(14)20/h3-12H,1-2H3. The summed E-state index contributed by atoms with van der Waals surface area (Å²) >= 11 is 6.62. The fourth-order valence-corrected chi connectivity index (χ4v) is 2.80. The third-order valence-corrected chi connectivity index (χ3v) is 4.82. The highest BCUT2D eigenvalue weighted by molar-refractivity contribution is 9.10. The van der Waals surface area contributed by atoms with Gasteiger partial charge in [0.15, 0.2) is 0 Å². The minimum Gasteiger partial charge on any atom is -0.455 e. The SMILES string of the molecule is CC(OC(=O)c1ccccc1Br)C(C)OC(=O)c1ccccc1Br. The molecule has 2 rings (SSSR count). The Kier molecular flexibility index (Phi) is 6.57. The summed E-state index contributed by atoms with van der Waals surface area (Å²) in [6, 6.07) is 14.0. The first kappa shape index (κ1) is 18.7. The zero-order chi connectivity index (χ0) is 17.7. The Morgan fingerprint density at radius 3 is 1.42 bits per heavy atom. The lowest BCUT2D eigenvalue weighted by Gasteiger charge is -2.21. The van der Waals surface area contributed by atoms with Crippen molar-refractivity contribution < 1.29 is 19.1 Å². The van der Waals surface area contributed by atoms with Crippen LogP contribution in [-0.2, 0) is 9.47 Å². The molecule has 0 saturated heterocycles. The molecule has 0 aliphatic heterocycles. The minimum absolute atomic E-state index is 0.425. The fourth-order valence-electron chi connectivity index (χ4n) is 1.91. The second kappa shape index (κ2) is 8.44. The van der Waals surface area contributed by atoms with Crippen molar-refractivity contribution in [3.63, 3.8) is 0 Å². The molecule has 4 nitrogen and oxygen atoms in total. The van der Waals surface area contributed by atoms with Crippen LogP contribution in [0.5, 0.6) is 0 Å². The first-order chi connectivity index (χ1) is 11.4. The molecule has 0 bridgehead atoms. The summed E-state index contributed by atoms with van der Waals surface area (Å²) in [6.45, 7) is 3.37. The van der Waals surface area contributed by atoms with Crippen molar-refractivity contribution in [3.05, 3.63) is 68.6 Å². The molecule has 0 aliphatic rings. The number of hydrogen-bond acceptors (Lipinski definition) is 4. The molecule has 6 heteroatoms. The van der Waals surface area contributed by atoms with E-state index in [-0.39, 0.29) is 0 Å². The van der Waals surface area contributed by atoms with Crippen molar-refractivity contribution in [2.75, 3.05) is 0 Å². The van der Waals surface area contributed by atoms with E-state index in [1.165, 1.54) is 0 Å². The number of carbonyl (C=O) groups excluding carboxylic acids is 2. The number of esters is 2. The highest BCUT2D eigenvalue weighted by Crippen LogP contribution is 2.20. The van der Waals surface area contributed by atoms with Crippen LogP contribution in [0.2, 0.25) is 0 Å². The van der Waals surface area contributed by atoms with Gasteiger partial charge >= 0.3 is 11.9 Å². The lowest BCUT2D eigenvalue weighted by molar-refractivity contribution is -0.0240. The van der Waals surface area contributed by atoms with E-state index in [0.717, 1.165) is 0 Å². The highest BCUT2D eigenvalue weighted by atomic mass is 79.9. The number of ether oxygens (including phenoxy) is 2. The van der Waals surface area contributed by atoms with Crippen molar-refractivity contribution in [3.8, 4) is 0 Å². The Labute approximate surface area is 157 Å². The van der Waals surface area contributed by atoms with Gasteiger partial charge < -0.3 is 9.47 Å². The number of hydrogen-bond donors (Lipinski definition) is 0. The molecule has 0 spiro atoms. The second-order valence-electron chi connectivity index (χ2n) is 5.18. The molecule has 0 radical (unpaired) electrons. The van der Waals surface area contributed by atoms with Crippen LogP contribution >= 0.6 is 31.9 Å². The van der Waals surface area contributed by atoms with Gasteiger partial charge in [-0.3, -0.25) is 0 Å². The molecule has 126 valence electrons. The molecule has 24 heavy (non-hydrogen) atoms. The first-order valence-electron chi connectivity index (χ1n) is 7.31. The largest absolute Gasteiger partial charge is 0.455 e. The molecule has 0 N–H and O–H groups in total. The molecule has 2 atom stereocenters. The zero-order valence-electron chi connectivity index (χ0n) is 13.2. The zero-order valence-corrected chi connectivity index (χ0v) is 16.3. The van der Waals surface area contributed by atoms with Gasteiger partial charge in [-0.1, -0.05) is 24.3 Å². The summed E-state index contributed by atoms with van der Waals surface area (Å²) in [4.78, 5) is 24.4. The molecule has 0 aliphatic carbocycles. The topological polar surface area (TPSA) is 52.6 Å². The molecule has 2 aromatic rings. The Bertz CT molecular complexity index is 682. The predicted molar refractivity (Wildman–Crippen MR) is 98.0 cm³/mol. The van der Waals surface area contributed by atoms with Crippen molar-refractivity contribution in [2.45, 2.75) is 26.1 Å². The van der Waals surface area contributed by atoms with Crippen LogP contribution < -0.4 is 0 Å². The highest BCUT2D eigenvalue weighted by Gasteiger charge is 2.23. The van der Waals surface area contributed by atoms with Crippen molar-refractivity contribution in [1.29, 1.82) is 0 Å². The van der Waals surface area contributed by atoms with E-state index in [4.69, 9.17) is 9.47 Å². The van der Waals surface area contributed by atoms with Gasteiger partial charge in [0.05, 0.1) is 11.1 Å². The van der Waals surface area contributed by atoms with Crippen molar-refractivity contribution in [1.82, 2.24) is 0 Å². The Morgan fingerprint density at radius 1 is 0.750 bits per heavy atom. The van der Waals surface area contributed by atoms with Crippen LogP contribution in [0.1, 0.15) is 34.6 Å². The van der Waals surface area contributed by atoms with E-state index >= 15 is 0 Å². The maximum Gasteiger partial charge on any atom is 0.339 e. The monoisotopic (exact) mass is 454 g/mol. The fraction of sp³-hybridized carbons (Fsp3) is 0.222. The summed E-state index contributed by atoms with van der Waals surface area (Å²) < 4.78 is 12.1. The summed E-state index contributed by atoms with van der Waals surface area (Å²) in [5.74, 6) is -0.947. The third-order valence-electron chi connectivity index (χ3n) is 3.43. The molecule has 0 aromatic heterocycles. The van der Waals surface area contributed by atoms with Gasteiger partial charge in [-0.2, -0.15) is 0 Å². The molecule has 0 amide bonds. The van der Waals surface area contributed by atoms with Gasteiger partial charge in [-0.05, 0) is 70.0 Å². The average molecular weight is 456 g/mol. The lowest BCUT2D eigenvalue weighted by Crippen LogP contribution is -2.31. The molecule has 0 fully saturated rings. The molecule has 2 aromatic carbocycles. The number of carbonyl (C=O) groups is 2. The van der Waals surface area contributed by atoms with E-state index < -0.39 is 24.1 Å². The molecule has 2 unspecified atom stereocenters. The van der Waals surface area contributed by atoms with Crippen molar-refractivity contribution in [2.24, 2.45) is 0 Å². The number of rotatable bonds is 5. The smallest absolute Gasteiger partial charge is 0.339 e. The van der Waals surface area contributed by atoms with Crippen LogP contribution in [0.3, 0.4) is 0 Å². The number of halogens is 2. The maximum absolute atomic E-state index is 12.2. The van der Waals surface area contributed by atoms with E-state index in [1.807, 2.05) is 12.1 Å². The van der Waals surface area contributed by atoms with Crippen LogP contribution in [0.15, 0.2) is 57.5 Å². The Morgan fingerprint density at radius 2 is 1.08 bits per heavy atom. The summed E-state index contributed by atoms with van der Waals surface area (Å²) in [7, 11) is 0. The van der Waals surface area contributed by atoms with Crippen LogP contribution in [-0.4, -0.2) is 24.1 Å². The average Bonchev–Trinajstić information content (AvgIpc) is 2.55. The van der Waals surface area contributed by atoms with Gasteiger partial charge in [0.1, 0.15) is 12.2 Å². The van der Waals surface area contributed by atoms with Crippen molar-refractivity contribution >= 4 is 43.8 Å². The third kappa shape index (κ3) is 4.68. The molecule has 0 saturated carbocycles. The molecule has 0 heterocycles. The van der Waals surface area contributed by atoms with E-state index in [9.17, 15) is 9.59 Å². The van der Waals surface area contributed by atoms with E-state index in [1.54, 1.807) is 50.2 Å². The second-order valence-corrected chi connectivity index (χ2v) is 6.89. The van der Waals surface area contributed by atoms with Gasteiger partial charge in [-0.25, -0.2) is 9.59 Å².